The maximum Gasteiger partial charge on any atom is 0.435 e. The molecule has 0 bridgehead atoms. The van der Waals surface area contributed by atoms with Crippen molar-refractivity contribution in [3.05, 3.63) is 131 Å². The molecule has 5 aromatic rings. The number of aromatic nitrogens is 2. The van der Waals surface area contributed by atoms with Gasteiger partial charge in [0.15, 0.2) is 5.69 Å². The maximum atomic E-state index is 13.5. The molecule has 0 aliphatic heterocycles. The highest BCUT2D eigenvalue weighted by Gasteiger charge is 2.35. The van der Waals surface area contributed by atoms with Gasteiger partial charge in [-0.3, -0.25) is 4.79 Å². The highest BCUT2D eigenvalue weighted by Crippen LogP contribution is 2.34. The lowest BCUT2D eigenvalue weighted by Gasteiger charge is -2.23. The number of alkyl halides is 3. The fourth-order valence-electron chi connectivity index (χ4n) is 4.05. The Hall–Kier alpha value is -4.17. The lowest BCUT2D eigenvalue weighted by Crippen LogP contribution is -2.30. The van der Waals surface area contributed by atoms with Crippen molar-refractivity contribution in [3.63, 3.8) is 0 Å². The first-order valence-corrected chi connectivity index (χ1v) is 12.4. The Labute approximate surface area is 216 Å². The second-order valence-electron chi connectivity index (χ2n) is 8.48. The van der Waals surface area contributed by atoms with E-state index in [-0.39, 0.29) is 5.91 Å². The van der Waals surface area contributed by atoms with Crippen LogP contribution in [-0.2, 0) is 19.3 Å². The first-order chi connectivity index (χ1) is 17.9. The quantitative estimate of drug-likeness (QED) is 0.225. The van der Waals surface area contributed by atoms with E-state index < -0.39 is 11.9 Å². The minimum absolute atomic E-state index is 0.172. The third kappa shape index (κ3) is 5.65. The summed E-state index contributed by atoms with van der Waals surface area (Å²) < 4.78 is 41.6. The van der Waals surface area contributed by atoms with E-state index in [1.807, 2.05) is 60.7 Å². The molecular formula is C29H22F3N3OS. The number of halogens is 3. The van der Waals surface area contributed by atoms with Gasteiger partial charge in [-0.2, -0.15) is 18.3 Å². The van der Waals surface area contributed by atoms with E-state index in [9.17, 15) is 18.0 Å². The molecule has 0 spiro atoms. The van der Waals surface area contributed by atoms with Gasteiger partial charge in [-0.25, -0.2) is 4.68 Å². The molecule has 2 heterocycles. The van der Waals surface area contributed by atoms with E-state index in [0.717, 1.165) is 17.2 Å². The highest BCUT2D eigenvalue weighted by molar-refractivity contribution is 7.13. The van der Waals surface area contributed by atoms with E-state index in [0.29, 0.717) is 34.9 Å². The van der Waals surface area contributed by atoms with Crippen LogP contribution in [0.2, 0.25) is 0 Å². The van der Waals surface area contributed by atoms with Gasteiger partial charge in [0.2, 0.25) is 0 Å². The summed E-state index contributed by atoms with van der Waals surface area (Å²) in [5.74, 6) is -0.172. The monoisotopic (exact) mass is 517 g/mol. The predicted molar refractivity (Wildman–Crippen MR) is 138 cm³/mol. The van der Waals surface area contributed by atoms with Crippen LogP contribution >= 0.6 is 11.3 Å². The van der Waals surface area contributed by atoms with Crippen molar-refractivity contribution in [2.75, 3.05) is 0 Å². The average Bonchev–Trinajstić information content (AvgIpc) is 3.60. The molecule has 8 heteroatoms. The third-order valence-electron chi connectivity index (χ3n) is 5.85. The molecule has 0 unspecified atom stereocenters. The minimum Gasteiger partial charge on any atom is -0.330 e. The molecule has 3 aromatic carbocycles. The van der Waals surface area contributed by atoms with E-state index in [1.165, 1.54) is 16.0 Å². The summed E-state index contributed by atoms with van der Waals surface area (Å²) in [5.41, 5.74) is 2.26. The fraction of sp³-hybridized carbons (Fsp3) is 0.103. The molecule has 37 heavy (non-hydrogen) atoms. The Balaban J connectivity index is 1.45. The molecule has 0 N–H and O–H groups in total. The molecular weight excluding hydrogens is 495 g/mol. The number of thiophene rings is 1. The van der Waals surface area contributed by atoms with Gasteiger partial charge < -0.3 is 4.90 Å². The van der Waals surface area contributed by atoms with Crippen molar-refractivity contribution in [2.45, 2.75) is 19.3 Å². The second-order valence-corrected chi connectivity index (χ2v) is 9.43. The average molecular weight is 518 g/mol. The molecule has 0 fully saturated rings. The van der Waals surface area contributed by atoms with Crippen molar-refractivity contribution in [2.24, 2.45) is 0 Å². The van der Waals surface area contributed by atoms with Crippen LogP contribution in [0.25, 0.3) is 16.3 Å². The van der Waals surface area contributed by atoms with Crippen molar-refractivity contribution < 1.29 is 18.0 Å². The van der Waals surface area contributed by atoms with Crippen molar-refractivity contribution in [1.82, 2.24) is 14.7 Å². The lowest BCUT2D eigenvalue weighted by atomic mass is 10.1. The Bertz CT molecular complexity index is 1420. The minimum atomic E-state index is -4.57. The first kappa shape index (κ1) is 24.5. The zero-order valence-corrected chi connectivity index (χ0v) is 20.4. The maximum absolute atomic E-state index is 13.5. The summed E-state index contributed by atoms with van der Waals surface area (Å²) in [5, 5.41) is 5.63. The van der Waals surface area contributed by atoms with Crippen LogP contribution in [0.3, 0.4) is 0 Å². The van der Waals surface area contributed by atoms with Gasteiger partial charge in [0.1, 0.15) is 0 Å². The molecule has 0 saturated heterocycles. The van der Waals surface area contributed by atoms with E-state index in [4.69, 9.17) is 0 Å². The summed E-state index contributed by atoms with van der Waals surface area (Å²) in [7, 11) is 0. The summed E-state index contributed by atoms with van der Waals surface area (Å²) in [6.07, 6.45) is -4.57. The molecule has 0 aliphatic rings. The molecule has 5 rings (SSSR count). The molecule has 186 valence electrons. The molecule has 4 nitrogen and oxygen atoms in total. The lowest BCUT2D eigenvalue weighted by molar-refractivity contribution is -0.141. The molecule has 0 saturated carbocycles. The zero-order chi connectivity index (χ0) is 25.8. The van der Waals surface area contributed by atoms with Crippen LogP contribution in [0, 0.1) is 0 Å². The number of carbonyl (C=O) groups excluding carboxylic acids is 1. The van der Waals surface area contributed by atoms with Crippen LogP contribution in [0.15, 0.2) is 109 Å². The summed E-state index contributed by atoms with van der Waals surface area (Å²) in [6.45, 7) is 0.847. The molecule has 0 radical (unpaired) electrons. The van der Waals surface area contributed by atoms with Crippen LogP contribution in [0.1, 0.15) is 27.2 Å². The smallest absolute Gasteiger partial charge is 0.330 e. The number of carbonyl (C=O) groups is 1. The Morgan fingerprint density at radius 2 is 1.41 bits per heavy atom. The highest BCUT2D eigenvalue weighted by atomic mass is 32.1. The van der Waals surface area contributed by atoms with Gasteiger partial charge in [0, 0.05) is 18.7 Å². The molecule has 0 aliphatic carbocycles. The van der Waals surface area contributed by atoms with Crippen LogP contribution < -0.4 is 0 Å². The van der Waals surface area contributed by atoms with Gasteiger partial charge in [0.25, 0.3) is 5.91 Å². The van der Waals surface area contributed by atoms with E-state index in [2.05, 4.69) is 5.10 Å². The van der Waals surface area contributed by atoms with Crippen LogP contribution in [0.4, 0.5) is 13.2 Å². The Morgan fingerprint density at radius 3 is 1.92 bits per heavy atom. The molecule has 0 atom stereocenters. The van der Waals surface area contributed by atoms with Crippen molar-refractivity contribution in [3.8, 4) is 16.3 Å². The molecule has 1 amide bonds. The zero-order valence-electron chi connectivity index (χ0n) is 19.6. The van der Waals surface area contributed by atoms with Crippen LogP contribution in [-0.4, -0.2) is 20.6 Å². The standard InChI is InChI=1S/C29H22F3N3OS/c30-29(31,32)27-18-25(26-12-7-17-37-26)35(33-27)24-15-13-23(14-16-24)28(36)34(19-21-8-3-1-4-9-21)20-22-10-5-2-6-11-22/h1-18H,19-20H2. The number of nitrogens with zero attached hydrogens (tertiary/aromatic N) is 3. The van der Waals surface area contributed by atoms with E-state index >= 15 is 0 Å². The van der Waals surface area contributed by atoms with Crippen molar-refractivity contribution >= 4 is 17.2 Å². The second kappa shape index (κ2) is 10.4. The topological polar surface area (TPSA) is 38.1 Å². The first-order valence-electron chi connectivity index (χ1n) is 11.6. The van der Waals surface area contributed by atoms with Gasteiger partial charge >= 0.3 is 6.18 Å². The normalized spacial score (nSPS) is 11.4. The third-order valence-corrected chi connectivity index (χ3v) is 6.74. The fourth-order valence-corrected chi connectivity index (χ4v) is 4.78. The Morgan fingerprint density at radius 1 is 0.811 bits per heavy atom. The number of benzene rings is 3. The molecule has 2 aromatic heterocycles. The number of hydrogen-bond donors (Lipinski definition) is 0. The summed E-state index contributed by atoms with van der Waals surface area (Å²) in [4.78, 5) is 16.0. The van der Waals surface area contributed by atoms with Gasteiger partial charge in [-0.15, -0.1) is 11.3 Å². The summed E-state index contributed by atoms with van der Waals surface area (Å²) >= 11 is 1.33. The predicted octanol–water partition coefficient (Wildman–Crippen LogP) is 7.46. The SMILES string of the molecule is O=C(c1ccc(-n2nc(C(F)(F)F)cc2-c2cccs2)cc1)N(Cc1ccccc1)Cc1ccccc1. The van der Waals surface area contributed by atoms with Gasteiger partial charge in [-0.05, 0) is 52.9 Å². The summed E-state index contributed by atoms with van der Waals surface area (Å²) in [6, 6.07) is 30.5. The van der Waals surface area contributed by atoms with E-state index in [1.54, 1.807) is 46.7 Å². The van der Waals surface area contributed by atoms with Gasteiger partial charge in [0.05, 0.1) is 16.3 Å². The van der Waals surface area contributed by atoms with Crippen LogP contribution in [0.5, 0.6) is 0 Å². The Kier molecular flexibility index (Phi) is 6.92. The largest absolute Gasteiger partial charge is 0.435 e. The number of amides is 1. The number of rotatable bonds is 7. The number of hydrogen-bond acceptors (Lipinski definition) is 3. The van der Waals surface area contributed by atoms with Crippen molar-refractivity contribution in [1.29, 1.82) is 0 Å². The van der Waals surface area contributed by atoms with Gasteiger partial charge in [-0.1, -0.05) is 66.7 Å².